The van der Waals surface area contributed by atoms with Crippen molar-refractivity contribution in [1.82, 2.24) is 9.80 Å². The van der Waals surface area contributed by atoms with Crippen LogP contribution in [0.15, 0.2) is 77.4 Å². The first-order chi connectivity index (χ1) is 13.0. The maximum absolute atomic E-state index is 13.4. The zero-order valence-corrected chi connectivity index (χ0v) is 15.5. The molecule has 0 saturated carbocycles. The van der Waals surface area contributed by atoms with Crippen LogP contribution in [0.5, 0.6) is 0 Å². The zero-order chi connectivity index (χ0) is 19.2. The predicted octanol–water partition coefficient (Wildman–Crippen LogP) is 4.10. The summed E-state index contributed by atoms with van der Waals surface area (Å²) in [4.78, 5) is 16.3. The van der Waals surface area contributed by atoms with Crippen molar-refractivity contribution >= 4 is 5.91 Å². The van der Waals surface area contributed by atoms with E-state index in [0.717, 1.165) is 16.9 Å². The molecule has 3 aromatic rings. The Bertz CT molecular complexity index is 848. The number of hydrogen-bond donors (Lipinski definition) is 0. The molecule has 27 heavy (non-hydrogen) atoms. The molecule has 1 aromatic heterocycles. The Labute approximate surface area is 158 Å². The molecule has 0 saturated heterocycles. The van der Waals surface area contributed by atoms with Crippen molar-refractivity contribution in [3.63, 3.8) is 0 Å². The van der Waals surface area contributed by atoms with E-state index in [1.165, 1.54) is 12.1 Å². The number of likely N-dealkylation sites (N-methyl/N-ethyl adjacent to an activating group) is 2. The normalized spacial score (nSPS) is 12.1. The van der Waals surface area contributed by atoms with Crippen molar-refractivity contribution in [2.75, 3.05) is 20.6 Å². The van der Waals surface area contributed by atoms with Gasteiger partial charge in [0.05, 0.1) is 25.4 Å². The molecule has 2 aromatic carbocycles. The largest absolute Gasteiger partial charge is 0.467 e. The van der Waals surface area contributed by atoms with Gasteiger partial charge < -0.3 is 9.32 Å². The molecule has 1 atom stereocenters. The van der Waals surface area contributed by atoms with Gasteiger partial charge in [-0.05, 0) is 42.4 Å². The average molecular weight is 366 g/mol. The Balaban J connectivity index is 1.77. The van der Waals surface area contributed by atoms with Crippen LogP contribution >= 0.6 is 0 Å². The summed E-state index contributed by atoms with van der Waals surface area (Å²) in [7, 11) is 3.66. The van der Waals surface area contributed by atoms with Gasteiger partial charge in [0.15, 0.2) is 0 Å². The van der Waals surface area contributed by atoms with E-state index in [0.29, 0.717) is 6.54 Å². The van der Waals surface area contributed by atoms with E-state index >= 15 is 0 Å². The van der Waals surface area contributed by atoms with Crippen molar-refractivity contribution < 1.29 is 13.6 Å². The van der Waals surface area contributed by atoms with E-state index in [9.17, 15) is 9.18 Å². The molecular weight excluding hydrogens is 343 g/mol. The van der Waals surface area contributed by atoms with E-state index in [-0.39, 0.29) is 24.3 Å². The first-order valence-electron chi connectivity index (χ1n) is 8.81. The highest BCUT2D eigenvalue weighted by Gasteiger charge is 2.23. The fraction of sp³-hybridized carbons (Fsp3) is 0.227. The standard InChI is InChI=1S/C22H23FN2O2/c1-24(15-20-9-6-14-27-20)21(26)16-25(2)22(17-7-4-3-5-8-17)18-10-12-19(23)13-11-18/h3-14,22H,15-16H2,1-2H3. The third-order valence-electron chi connectivity index (χ3n) is 4.53. The Hall–Kier alpha value is -2.92. The van der Waals surface area contributed by atoms with Crippen LogP contribution in [-0.2, 0) is 11.3 Å². The molecule has 5 heteroatoms. The zero-order valence-electron chi connectivity index (χ0n) is 15.5. The molecule has 0 spiro atoms. The lowest BCUT2D eigenvalue weighted by Gasteiger charge is -2.30. The van der Waals surface area contributed by atoms with Crippen molar-refractivity contribution in [3.05, 3.63) is 95.7 Å². The van der Waals surface area contributed by atoms with Crippen molar-refractivity contribution in [1.29, 1.82) is 0 Å². The summed E-state index contributed by atoms with van der Waals surface area (Å²) in [5.74, 6) is 0.450. The van der Waals surface area contributed by atoms with Gasteiger partial charge in [-0.2, -0.15) is 0 Å². The SMILES string of the molecule is CN(Cc1ccco1)C(=O)CN(C)C(c1ccccc1)c1ccc(F)cc1. The van der Waals surface area contributed by atoms with Crippen LogP contribution in [0.4, 0.5) is 4.39 Å². The minimum atomic E-state index is -0.275. The molecule has 0 aliphatic heterocycles. The summed E-state index contributed by atoms with van der Waals surface area (Å²) in [5, 5.41) is 0. The van der Waals surface area contributed by atoms with Crippen molar-refractivity contribution in [3.8, 4) is 0 Å². The highest BCUT2D eigenvalue weighted by Crippen LogP contribution is 2.27. The minimum Gasteiger partial charge on any atom is -0.467 e. The lowest BCUT2D eigenvalue weighted by molar-refractivity contribution is -0.131. The van der Waals surface area contributed by atoms with Crippen molar-refractivity contribution in [2.24, 2.45) is 0 Å². The Morgan fingerprint density at radius 1 is 0.963 bits per heavy atom. The van der Waals surface area contributed by atoms with Crippen LogP contribution < -0.4 is 0 Å². The summed E-state index contributed by atoms with van der Waals surface area (Å²) in [6, 6.07) is 19.8. The van der Waals surface area contributed by atoms with E-state index in [1.807, 2.05) is 48.3 Å². The molecule has 140 valence electrons. The number of halogens is 1. The lowest BCUT2D eigenvalue weighted by atomic mass is 9.97. The quantitative estimate of drug-likeness (QED) is 0.632. The maximum Gasteiger partial charge on any atom is 0.236 e. The molecule has 0 fully saturated rings. The fourth-order valence-electron chi connectivity index (χ4n) is 3.13. The minimum absolute atomic E-state index is 0.0167. The molecule has 1 heterocycles. The van der Waals surface area contributed by atoms with Crippen LogP contribution in [0.2, 0.25) is 0 Å². The van der Waals surface area contributed by atoms with Crippen LogP contribution in [0, 0.1) is 5.82 Å². The van der Waals surface area contributed by atoms with E-state index < -0.39 is 0 Å². The van der Waals surface area contributed by atoms with Crippen molar-refractivity contribution in [2.45, 2.75) is 12.6 Å². The number of amides is 1. The Morgan fingerprint density at radius 2 is 1.63 bits per heavy atom. The smallest absolute Gasteiger partial charge is 0.236 e. The molecule has 4 nitrogen and oxygen atoms in total. The Morgan fingerprint density at radius 3 is 2.26 bits per heavy atom. The summed E-state index contributed by atoms with van der Waals surface area (Å²) in [6.07, 6.45) is 1.60. The number of hydrogen-bond acceptors (Lipinski definition) is 3. The number of rotatable bonds is 7. The summed E-state index contributed by atoms with van der Waals surface area (Å²) >= 11 is 0. The predicted molar refractivity (Wildman–Crippen MR) is 102 cm³/mol. The molecule has 3 rings (SSSR count). The average Bonchev–Trinajstić information content (AvgIpc) is 3.17. The number of carbonyl (C=O) groups is 1. The molecule has 0 radical (unpaired) electrons. The number of nitrogens with zero attached hydrogens (tertiary/aromatic N) is 2. The topological polar surface area (TPSA) is 36.7 Å². The molecule has 0 bridgehead atoms. The molecular formula is C22H23FN2O2. The summed E-state index contributed by atoms with van der Waals surface area (Å²) in [5.41, 5.74) is 1.99. The number of benzene rings is 2. The second-order valence-electron chi connectivity index (χ2n) is 6.61. The van der Waals surface area contributed by atoms with Gasteiger partial charge in [0.25, 0.3) is 0 Å². The van der Waals surface area contributed by atoms with E-state index in [4.69, 9.17) is 4.42 Å². The van der Waals surface area contributed by atoms with Gasteiger partial charge in [-0.15, -0.1) is 0 Å². The van der Waals surface area contributed by atoms with E-state index in [1.54, 1.807) is 36.4 Å². The van der Waals surface area contributed by atoms with Crippen LogP contribution in [-0.4, -0.2) is 36.3 Å². The molecule has 1 unspecified atom stereocenters. The van der Waals surface area contributed by atoms with Gasteiger partial charge >= 0.3 is 0 Å². The Kier molecular flexibility index (Phi) is 6.04. The first kappa shape index (κ1) is 18.9. The van der Waals surface area contributed by atoms with Gasteiger partial charge in [0.1, 0.15) is 11.6 Å². The first-order valence-corrected chi connectivity index (χ1v) is 8.81. The highest BCUT2D eigenvalue weighted by molar-refractivity contribution is 5.78. The lowest BCUT2D eigenvalue weighted by Crippen LogP contribution is -2.38. The van der Waals surface area contributed by atoms with Gasteiger partial charge in [-0.3, -0.25) is 9.69 Å². The molecule has 1 amide bonds. The van der Waals surface area contributed by atoms with Gasteiger partial charge in [0.2, 0.25) is 5.91 Å². The van der Waals surface area contributed by atoms with Crippen LogP contribution in [0.1, 0.15) is 22.9 Å². The van der Waals surface area contributed by atoms with Crippen LogP contribution in [0.25, 0.3) is 0 Å². The second-order valence-corrected chi connectivity index (χ2v) is 6.61. The molecule has 0 N–H and O–H groups in total. The summed E-state index contributed by atoms with van der Waals surface area (Å²) in [6.45, 7) is 0.653. The van der Waals surface area contributed by atoms with Gasteiger partial charge in [-0.25, -0.2) is 4.39 Å². The monoisotopic (exact) mass is 366 g/mol. The maximum atomic E-state index is 13.4. The number of furan rings is 1. The highest BCUT2D eigenvalue weighted by atomic mass is 19.1. The third kappa shape index (κ3) is 4.83. The van der Waals surface area contributed by atoms with Gasteiger partial charge in [-0.1, -0.05) is 42.5 Å². The van der Waals surface area contributed by atoms with Crippen LogP contribution in [0.3, 0.4) is 0 Å². The fourth-order valence-corrected chi connectivity index (χ4v) is 3.13. The number of carbonyl (C=O) groups excluding carboxylic acids is 1. The van der Waals surface area contributed by atoms with E-state index in [2.05, 4.69) is 0 Å². The molecule has 0 aliphatic carbocycles. The van der Waals surface area contributed by atoms with Gasteiger partial charge in [0, 0.05) is 7.05 Å². The second kappa shape index (κ2) is 8.64. The molecule has 0 aliphatic rings. The summed E-state index contributed by atoms with van der Waals surface area (Å²) < 4.78 is 18.7. The third-order valence-corrected chi connectivity index (χ3v) is 4.53.